The highest BCUT2D eigenvalue weighted by Gasteiger charge is 2.41. The molecule has 1 saturated heterocycles. The molecular weight excluding hydrogens is 232 g/mol. The topological polar surface area (TPSA) is 58.6 Å². The van der Waals surface area contributed by atoms with Crippen LogP contribution in [0.25, 0.3) is 0 Å². The fourth-order valence-corrected chi connectivity index (χ4v) is 2.16. The lowest BCUT2D eigenvalue weighted by Gasteiger charge is -2.34. The molecule has 0 radical (unpaired) electrons. The van der Waals surface area contributed by atoms with Crippen LogP contribution in [-0.2, 0) is 14.3 Å². The first-order valence-corrected chi connectivity index (χ1v) is 6.49. The summed E-state index contributed by atoms with van der Waals surface area (Å²) >= 11 is 0. The molecule has 104 valence electrons. The van der Waals surface area contributed by atoms with Crippen molar-refractivity contribution in [2.45, 2.75) is 58.2 Å². The van der Waals surface area contributed by atoms with E-state index < -0.39 is 5.54 Å². The first kappa shape index (κ1) is 15.0. The van der Waals surface area contributed by atoms with E-state index in [0.717, 1.165) is 0 Å². The molecule has 1 rings (SSSR count). The summed E-state index contributed by atoms with van der Waals surface area (Å²) in [5.74, 6) is -0.0833. The molecule has 0 bridgehead atoms. The SMILES string of the molecule is CCC1(C)NC(=O)CC(C)N(CC(C)OC)C1=O. The first-order chi connectivity index (χ1) is 8.34. The summed E-state index contributed by atoms with van der Waals surface area (Å²) in [6.07, 6.45) is 0.894. The van der Waals surface area contributed by atoms with Crippen LogP contribution in [0.5, 0.6) is 0 Å². The van der Waals surface area contributed by atoms with Gasteiger partial charge < -0.3 is 15.0 Å². The van der Waals surface area contributed by atoms with Crippen molar-refractivity contribution < 1.29 is 14.3 Å². The van der Waals surface area contributed by atoms with Crippen molar-refractivity contribution in [2.75, 3.05) is 13.7 Å². The minimum atomic E-state index is -0.796. The summed E-state index contributed by atoms with van der Waals surface area (Å²) in [6.45, 7) is 8.04. The van der Waals surface area contributed by atoms with E-state index in [4.69, 9.17) is 4.74 Å². The maximum Gasteiger partial charge on any atom is 0.248 e. The van der Waals surface area contributed by atoms with Crippen molar-refractivity contribution in [1.29, 1.82) is 0 Å². The van der Waals surface area contributed by atoms with Crippen molar-refractivity contribution in [3.63, 3.8) is 0 Å². The Hall–Kier alpha value is -1.10. The fraction of sp³-hybridized carbons (Fsp3) is 0.846. The molecule has 5 nitrogen and oxygen atoms in total. The second-order valence-electron chi connectivity index (χ2n) is 5.29. The van der Waals surface area contributed by atoms with Crippen LogP contribution in [0.15, 0.2) is 0 Å². The quantitative estimate of drug-likeness (QED) is 0.814. The van der Waals surface area contributed by atoms with Crippen LogP contribution < -0.4 is 5.32 Å². The molecule has 18 heavy (non-hydrogen) atoms. The van der Waals surface area contributed by atoms with Crippen LogP contribution in [0.4, 0.5) is 0 Å². The summed E-state index contributed by atoms with van der Waals surface area (Å²) in [7, 11) is 1.63. The highest BCUT2D eigenvalue weighted by molar-refractivity contribution is 5.93. The molecule has 1 N–H and O–H groups in total. The highest BCUT2D eigenvalue weighted by atomic mass is 16.5. The van der Waals surface area contributed by atoms with Gasteiger partial charge in [-0.15, -0.1) is 0 Å². The van der Waals surface area contributed by atoms with Crippen molar-refractivity contribution in [3.8, 4) is 0 Å². The van der Waals surface area contributed by atoms with E-state index in [2.05, 4.69) is 5.32 Å². The van der Waals surface area contributed by atoms with Gasteiger partial charge in [-0.2, -0.15) is 0 Å². The number of hydrogen-bond donors (Lipinski definition) is 1. The van der Waals surface area contributed by atoms with Gasteiger partial charge in [0.15, 0.2) is 0 Å². The zero-order valence-corrected chi connectivity index (χ0v) is 11.9. The Morgan fingerprint density at radius 2 is 2.17 bits per heavy atom. The normalized spacial score (nSPS) is 30.9. The Bertz CT molecular complexity index is 332. The minimum Gasteiger partial charge on any atom is -0.380 e. The monoisotopic (exact) mass is 256 g/mol. The second kappa shape index (κ2) is 5.69. The summed E-state index contributed by atoms with van der Waals surface area (Å²) in [5, 5.41) is 2.84. The highest BCUT2D eigenvalue weighted by Crippen LogP contribution is 2.21. The Morgan fingerprint density at radius 3 is 2.67 bits per heavy atom. The predicted molar refractivity (Wildman–Crippen MR) is 69.1 cm³/mol. The van der Waals surface area contributed by atoms with Crippen molar-refractivity contribution >= 4 is 11.8 Å². The molecule has 1 aliphatic heterocycles. The van der Waals surface area contributed by atoms with Gasteiger partial charge in [0.25, 0.3) is 0 Å². The molecule has 0 aromatic carbocycles. The van der Waals surface area contributed by atoms with Gasteiger partial charge in [-0.05, 0) is 27.2 Å². The number of hydrogen-bond acceptors (Lipinski definition) is 3. The Balaban J connectivity index is 2.98. The maximum atomic E-state index is 12.6. The van der Waals surface area contributed by atoms with Crippen LogP contribution in [-0.4, -0.2) is 48.1 Å². The van der Waals surface area contributed by atoms with Crippen LogP contribution >= 0.6 is 0 Å². The van der Waals surface area contributed by atoms with E-state index in [1.165, 1.54) is 0 Å². The van der Waals surface area contributed by atoms with E-state index >= 15 is 0 Å². The third kappa shape index (κ3) is 3.02. The fourth-order valence-electron chi connectivity index (χ4n) is 2.16. The average molecular weight is 256 g/mol. The Morgan fingerprint density at radius 1 is 1.56 bits per heavy atom. The number of nitrogens with one attached hydrogen (secondary N) is 1. The predicted octanol–water partition coefficient (Wildman–Crippen LogP) is 0.927. The van der Waals surface area contributed by atoms with Crippen LogP contribution in [0, 0.1) is 0 Å². The van der Waals surface area contributed by atoms with E-state index in [1.807, 2.05) is 20.8 Å². The molecule has 0 spiro atoms. The largest absolute Gasteiger partial charge is 0.380 e. The van der Waals surface area contributed by atoms with Gasteiger partial charge in [-0.3, -0.25) is 9.59 Å². The van der Waals surface area contributed by atoms with Crippen molar-refractivity contribution in [3.05, 3.63) is 0 Å². The molecule has 1 aliphatic rings. The van der Waals surface area contributed by atoms with E-state index in [0.29, 0.717) is 19.4 Å². The van der Waals surface area contributed by atoms with Gasteiger partial charge in [0.05, 0.1) is 6.10 Å². The summed E-state index contributed by atoms with van der Waals surface area (Å²) < 4.78 is 5.22. The van der Waals surface area contributed by atoms with Gasteiger partial charge in [-0.1, -0.05) is 6.92 Å². The second-order valence-corrected chi connectivity index (χ2v) is 5.29. The summed E-state index contributed by atoms with van der Waals surface area (Å²) in [5.41, 5.74) is -0.796. The molecule has 1 fully saturated rings. The summed E-state index contributed by atoms with van der Waals surface area (Å²) in [6, 6.07) is -0.0940. The molecule has 1 heterocycles. The van der Waals surface area contributed by atoms with Crippen molar-refractivity contribution in [1.82, 2.24) is 10.2 Å². The minimum absolute atomic E-state index is 0.0211. The molecule has 3 unspecified atom stereocenters. The smallest absolute Gasteiger partial charge is 0.248 e. The molecule has 5 heteroatoms. The molecule has 2 amide bonds. The van der Waals surface area contributed by atoms with E-state index in [-0.39, 0.29) is 24.0 Å². The first-order valence-electron chi connectivity index (χ1n) is 6.49. The molecule has 0 aromatic rings. The maximum absolute atomic E-state index is 12.6. The summed E-state index contributed by atoms with van der Waals surface area (Å²) in [4.78, 5) is 26.1. The van der Waals surface area contributed by atoms with Gasteiger partial charge >= 0.3 is 0 Å². The average Bonchev–Trinajstić information content (AvgIpc) is 2.40. The Labute approximate surface area is 109 Å². The van der Waals surface area contributed by atoms with E-state index in [1.54, 1.807) is 18.9 Å². The number of methoxy groups -OCH3 is 1. The van der Waals surface area contributed by atoms with Crippen LogP contribution in [0.3, 0.4) is 0 Å². The van der Waals surface area contributed by atoms with Gasteiger partial charge in [0.1, 0.15) is 5.54 Å². The number of rotatable bonds is 4. The Kier molecular flexibility index (Phi) is 4.73. The standard InChI is InChI=1S/C13H24N2O3/c1-6-13(4)12(17)15(8-10(3)18-5)9(2)7-11(16)14-13/h9-10H,6-8H2,1-5H3,(H,14,16). The molecule has 3 atom stereocenters. The van der Waals surface area contributed by atoms with Crippen LogP contribution in [0.1, 0.15) is 40.5 Å². The number of carbonyl (C=O) groups is 2. The lowest BCUT2D eigenvalue weighted by atomic mass is 9.97. The molecule has 0 aromatic heterocycles. The third-order valence-corrected chi connectivity index (χ3v) is 3.72. The zero-order chi connectivity index (χ0) is 13.9. The van der Waals surface area contributed by atoms with Crippen molar-refractivity contribution in [2.24, 2.45) is 0 Å². The number of carbonyl (C=O) groups excluding carboxylic acids is 2. The van der Waals surface area contributed by atoms with E-state index in [9.17, 15) is 9.59 Å². The van der Waals surface area contributed by atoms with Gasteiger partial charge in [0.2, 0.25) is 11.8 Å². The van der Waals surface area contributed by atoms with Gasteiger partial charge in [0, 0.05) is 26.1 Å². The zero-order valence-electron chi connectivity index (χ0n) is 11.9. The lowest BCUT2D eigenvalue weighted by molar-refractivity contribution is -0.141. The molecule has 0 saturated carbocycles. The lowest BCUT2D eigenvalue weighted by Crippen LogP contribution is -2.56. The molecule has 0 aliphatic carbocycles. The molecular formula is C13H24N2O3. The number of nitrogens with zero attached hydrogens (tertiary/aromatic N) is 1. The van der Waals surface area contributed by atoms with Crippen LogP contribution in [0.2, 0.25) is 0 Å². The van der Waals surface area contributed by atoms with Gasteiger partial charge in [-0.25, -0.2) is 0 Å². The number of amides is 2. The third-order valence-electron chi connectivity index (χ3n) is 3.72. The number of ether oxygens (including phenoxy) is 1.